The number of unbranched alkanes of at least 4 members (excludes halogenated alkanes) is 24. The van der Waals surface area contributed by atoms with Crippen LogP contribution in [0.5, 0.6) is 0 Å². The van der Waals surface area contributed by atoms with E-state index < -0.39 is 0 Å². The van der Waals surface area contributed by atoms with Crippen molar-refractivity contribution in [1.82, 2.24) is 34.0 Å². The van der Waals surface area contributed by atoms with E-state index in [0.29, 0.717) is 81.5 Å². The molecule has 2 fully saturated rings. The summed E-state index contributed by atoms with van der Waals surface area (Å²) in [4.78, 5) is 118. The molecule has 6 aliphatic heterocycles. The number of thioether (sulfide) groups is 2. The van der Waals surface area contributed by atoms with Gasteiger partial charge in [-0.2, -0.15) is 0 Å². The Kier molecular flexibility index (Phi) is 42.0. The first-order valence-electron chi connectivity index (χ1n) is 56.0. The monoisotopic (exact) mass is 2130 g/mol. The van der Waals surface area contributed by atoms with E-state index in [1.54, 1.807) is 72.9 Å². The fraction of sp³-hybridized carbons (Fsp3) is 0.554. The maximum atomic E-state index is 16.4. The van der Waals surface area contributed by atoms with Gasteiger partial charge in [-0.1, -0.05) is 374 Å². The minimum absolute atomic E-state index is 0.0122. The molecule has 0 radical (unpaired) electrons. The Morgan fingerprint density at radius 1 is 0.306 bits per heavy atom. The number of rotatable bonds is 64. The summed E-state index contributed by atoms with van der Waals surface area (Å²) in [5, 5.41) is 2.19. The quantitative estimate of drug-likeness (QED) is 0.0207. The molecule has 9 aromatic rings. The Morgan fingerprint density at radius 3 is 1.02 bits per heavy atom. The predicted octanol–water partition coefficient (Wildman–Crippen LogP) is 36.0. The zero-order valence-electron chi connectivity index (χ0n) is 88.2. The van der Waals surface area contributed by atoms with Crippen molar-refractivity contribution in [2.75, 3.05) is 39.3 Å². The zero-order valence-corrected chi connectivity index (χ0v) is 96.4. The number of carbonyl (C=O) groups excluding carboxylic acids is 6. The summed E-state index contributed by atoms with van der Waals surface area (Å²) in [5.74, 6) is 0.729. The van der Waals surface area contributed by atoms with Crippen LogP contribution in [0.3, 0.4) is 0 Å². The number of thiocarbonyl (C=S) groups is 2. The van der Waals surface area contributed by atoms with Crippen LogP contribution in [-0.2, 0) is 35.2 Å². The van der Waals surface area contributed by atoms with Crippen molar-refractivity contribution in [3.8, 4) is 40.4 Å². The minimum Gasteiger partial charge on any atom is -0.337 e. The van der Waals surface area contributed by atoms with Crippen LogP contribution in [0.25, 0.3) is 91.1 Å². The van der Waals surface area contributed by atoms with Gasteiger partial charge in [0, 0.05) is 102 Å². The minimum atomic E-state index is -0.242. The van der Waals surface area contributed by atoms with Gasteiger partial charge in [0.25, 0.3) is 29.5 Å². The van der Waals surface area contributed by atoms with Gasteiger partial charge in [-0.3, -0.25) is 38.6 Å². The highest BCUT2D eigenvalue weighted by Gasteiger charge is 2.53. The lowest BCUT2D eigenvalue weighted by atomic mass is 9.98. The van der Waals surface area contributed by atoms with Crippen molar-refractivity contribution >= 4 is 211 Å². The Morgan fingerprint density at radius 2 is 0.632 bits per heavy atom. The summed E-state index contributed by atoms with van der Waals surface area (Å²) < 4.78 is 4.08. The molecule has 0 N–H and O–H groups in total. The maximum Gasteiger partial charge on any atom is 0.266 e. The summed E-state index contributed by atoms with van der Waals surface area (Å²) in [6.07, 6.45) is 49.3. The smallest absolute Gasteiger partial charge is 0.266 e. The van der Waals surface area contributed by atoms with Crippen LogP contribution in [0.1, 0.15) is 388 Å². The largest absolute Gasteiger partial charge is 0.337 e. The van der Waals surface area contributed by atoms with Crippen LogP contribution in [0.4, 0.5) is 0 Å². The lowest BCUT2D eigenvalue weighted by Gasteiger charge is -2.29. The molecular weight excluding hydrogens is 1970 g/mol. The van der Waals surface area contributed by atoms with E-state index in [4.69, 9.17) is 24.4 Å². The molecule has 6 amide bonds. The molecule has 2 aromatic carbocycles. The van der Waals surface area contributed by atoms with Gasteiger partial charge in [-0.15, -0.1) is 68.0 Å². The van der Waals surface area contributed by atoms with Crippen LogP contribution >= 0.6 is 116 Å². The highest BCUT2D eigenvalue weighted by molar-refractivity contribution is 8.26. The van der Waals surface area contributed by atoms with Crippen molar-refractivity contribution in [3.63, 3.8) is 0 Å². The molecule has 23 heteroatoms. The third kappa shape index (κ3) is 26.0. The van der Waals surface area contributed by atoms with Gasteiger partial charge in [0.1, 0.15) is 8.64 Å². The number of nitrogens with zero attached hydrogens (tertiary/aromatic N) is 7. The highest BCUT2D eigenvalue weighted by atomic mass is 32.2. The number of benzene rings is 2. The normalized spacial score (nSPS) is 17.0. The standard InChI is InChI=1S/C121H159N7O6S10/c1-13-25-33-37-41-45-53-87(54-46-42-38-34-26-14-2)128-92-73-85(94-63-67-100(139-94)110-106-108(118(133)124(110)77-81(21-9)49-29-17-5)112(126(116(106)131)79-83(23-11)51-31-19-7)102-69-65-98(141-102)96-61-57-88(137-96)75-104-114(129)122(120(135)143-104)71-47-43-39-35-27-15-3)55-59-90(92)91-60-56-86(74-93(91)128)95-64-68-101(140-95)111-107-109(119(134)125(111)78-82(22-10)50-30-18-6)113(127(117(107)132)80-84(24-12)52-32-20-8)103-70-66-99(142-103)97-62-58-89(138-97)76-105-115(130)123(121(136)144-105)72-48-44-40-36-28-16-4/h55-70,73-75,81-84,87,105H,13-54,71-72,76-80H2,1-12H3/b104-75+. The Bertz CT molecular complexity index is 6060. The summed E-state index contributed by atoms with van der Waals surface area (Å²) in [5.41, 5.74) is 9.74. The van der Waals surface area contributed by atoms with E-state index in [1.807, 2.05) is 30.6 Å². The first-order chi connectivity index (χ1) is 70.3. The molecule has 0 spiro atoms. The molecule has 144 heavy (non-hydrogen) atoms. The summed E-state index contributed by atoms with van der Waals surface area (Å²) >= 11 is 24.7. The van der Waals surface area contributed by atoms with Crippen LogP contribution < -0.4 is 0 Å². The molecule has 6 aliphatic rings. The van der Waals surface area contributed by atoms with Gasteiger partial charge in [0.15, 0.2) is 0 Å². The Balaban J connectivity index is 0.809. The first-order valence-corrected chi connectivity index (χ1v) is 63.4. The van der Waals surface area contributed by atoms with Crippen molar-refractivity contribution < 1.29 is 28.8 Å². The second-order valence-corrected chi connectivity index (χ2v) is 51.5. The van der Waals surface area contributed by atoms with Gasteiger partial charge in [0.05, 0.1) is 85.8 Å². The van der Waals surface area contributed by atoms with E-state index >= 15 is 19.2 Å². The van der Waals surface area contributed by atoms with Crippen molar-refractivity contribution in [2.24, 2.45) is 23.7 Å². The SMILES string of the molecule is CCCCCCCCC(CCCCCCCC)n1c2cc(-c3ccc(C4=C5C(=O)N(CC(CC)CCCC)C(c6ccc(-c7ccc(/C=C8/SC(=S)N(CCCCCCCC)C8=O)s7)s6)=C5C(=O)N4CC(CC)CCCC)s3)ccc2c2ccc(-c3ccc(C4=C5C(=O)N(CC(CC)CCCC)C(c6ccc(-c7ccc(CC8SC(=S)N(CCCCCCCC)C8=O)s7)s6)=C5C(=O)N4CC(CC)CCCC)s3)cc21. The summed E-state index contributed by atoms with van der Waals surface area (Å²) in [7, 11) is 0. The third-order valence-electron chi connectivity index (χ3n) is 31.0. The van der Waals surface area contributed by atoms with E-state index in [1.165, 1.54) is 161 Å². The molecule has 774 valence electrons. The lowest BCUT2D eigenvalue weighted by Crippen LogP contribution is -2.34. The van der Waals surface area contributed by atoms with Crippen LogP contribution in [-0.4, -0.2) is 123 Å². The summed E-state index contributed by atoms with van der Waals surface area (Å²) in [6.45, 7) is 30.5. The highest BCUT2D eigenvalue weighted by Crippen LogP contribution is 2.56. The van der Waals surface area contributed by atoms with Gasteiger partial charge < -0.3 is 24.2 Å². The van der Waals surface area contributed by atoms with Crippen LogP contribution in [0.15, 0.2) is 136 Å². The molecule has 7 aromatic heterocycles. The molecule has 0 saturated carbocycles. The molecule has 2 saturated heterocycles. The van der Waals surface area contributed by atoms with Gasteiger partial charge >= 0.3 is 0 Å². The van der Waals surface area contributed by atoms with E-state index in [0.717, 1.165) is 247 Å². The molecule has 5 atom stereocenters. The molecule has 0 aliphatic carbocycles. The fourth-order valence-corrected chi connectivity index (χ4v) is 31.7. The average molecular weight is 2130 g/mol. The van der Waals surface area contributed by atoms with E-state index in [-0.39, 0.29) is 70.4 Å². The number of fused-ring (bicyclic) bond motifs is 5. The van der Waals surface area contributed by atoms with Crippen LogP contribution in [0, 0.1) is 23.7 Å². The molecule has 15 rings (SSSR count). The first kappa shape index (κ1) is 111. The topological polar surface area (TPSA) is 127 Å². The second kappa shape index (κ2) is 54.5. The third-order valence-corrected chi connectivity index (χ3v) is 40.9. The Labute approximate surface area is 904 Å². The average Bonchev–Trinajstić information content (AvgIpc) is 1.55. The predicted molar refractivity (Wildman–Crippen MR) is 630 cm³/mol. The number of hydrogen-bond acceptors (Lipinski definition) is 16. The number of thiophene rings is 6. The van der Waals surface area contributed by atoms with Gasteiger partial charge in [-0.25, -0.2) is 0 Å². The van der Waals surface area contributed by atoms with Crippen molar-refractivity contribution in [2.45, 2.75) is 370 Å². The molecule has 13 heterocycles. The fourth-order valence-electron chi connectivity index (χ4n) is 22.2. The molecule has 13 nitrogen and oxygen atoms in total. The van der Waals surface area contributed by atoms with E-state index in [2.05, 4.69) is 197 Å². The molecule has 0 bridgehead atoms. The van der Waals surface area contributed by atoms with Gasteiger partial charge in [0.2, 0.25) is 5.91 Å². The number of amides is 6. The van der Waals surface area contributed by atoms with Crippen molar-refractivity contribution in [1.29, 1.82) is 0 Å². The number of carbonyl (C=O) groups is 6. The van der Waals surface area contributed by atoms with E-state index in [9.17, 15) is 9.59 Å². The molecular formula is C121H159N7O6S10. The second-order valence-electron chi connectivity index (χ2n) is 41.4. The number of aromatic nitrogens is 1. The Hall–Kier alpha value is -7.16. The summed E-state index contributed by atoms with van der Waals surface area (Å²) in [6, 6.07) is 40.7. The maximum absolute atomic E-state index is 16.4. The zero-order chi connectivity index (χ0) is 101. The van der Waals surface area contributed by atoms with Crippen molar-refractivity contribution in [3.05, 3.63) is 166 Å². The van der Waals surface area contributed by atoms with Crippen LogP contribution in [0.2, 0.25) is 0 Å². The van der Waals surface area contributed by atoms with Gasteiger partial charge in [-0.05, 0) is 177 Å². The molecule has 5 unspecified atom stereocenters. The number of hydrogen-bond donors (Lipinski definition) is 0. The lowest BCUT2D eigenvalue weighted by molar-refractivity contribution is -0.126.